The smallest absolute Gasteiger partial charge is 0.264 e. The van der Waals surface area contributed by atoms with Crippen LogP contribution >= 0.6 is 11.6 Å². The molecule has 35 heavy (non-hydrogen) atoms. The van der Waals surface area contributed by atoms with Crippen LogP contribution in [-0.4, -0.2) is 30.3 Å². The molecule has 1 aromatic heterocycles. The molecule has 9 heteroatoms. The van der Waals surface area contributed by atoms with Gasteiger partial charge in [-0.1, -0.05) is 41.9 Å². The predicted octanol–water partition coefficient (Wildman–Crippen LogP) is 5.10. The summed E-state index contributed by atoms with van der Waals surface area (Å²) in [6.07, 6.45) is 1.47. The Hall–Kier alpha value is -3.93. The second kappa shape index (κ2) is 9.74. The highest BCUT2D eigenvalue weighted by Crippen LogP contribution is 2.28. The van der Waals surface area contributed by atoms with Crippen LogP contribution in [0, 0.1) is 11.3 Å². The van der Waals surface area contributed by atoms with Gasteiger partial charge in [0, 0.05) is 17.6 Å². The van der Waals surface area contributed by atoms with Crippen molar-refractivity contribution < 1.29 is 13.2 Å². The van der Waals surface area contributed by atoms with Crippen LogP contribution in [0.4, 0.5) is 5.69 Å². The van der Waals surface area contributed by atoms with Crippen LogP contribution in [0.15, 0.2) is 90.3 Å². The highest BCUT2D eigenvalue weighted by molar-refractivity contribution is 7.92. The summed E-state index contributed by atoms with van der Waals surface area (Å²) in [5.74, 6) is -1.45. The summed E-state index contributed by atoms with van der Waals surface area (Å²) in [7, 11) is -2.31. The molecule has 0 aliphatic heterocycles. The largest absolute Gasteiger partial charge is 0.330 e. The molecule has 0 saturated heterocycles. The molecular weight excluding hydrogens is 484 g/mol. The Morgan fingerprint density at radius 1 is 1.17 bits per heavy atom. The van der Waals surface area contributed by atoms with E-state index in [1.165, 1.54) is 34.6 Å². The molecule has 0 bridgehead atoms. The summed E-state index contributed by atoms with van der Waals surface area (Å²) in [6.45, 7) is 3.68. The van der Waals surface area contributed by atoms with Gasteiger partial charge in [0.1, 0.15) is 5.82 Å². The summed E-state index contributed by atoms with van der Waals surface area (Å²) < 4.78 is 29.9. The molecule has 7 nitrogen and oxygen atoms in total. The van der Waals surface area contributed by atoms with Crippen LogP contribution in [0.1, 0.15) is 22.1 Å². The molecule has 0 amide bonds. The molecule has 1 heterocycles. The SMILES string of the molecule is C=CCN(c1ccc(Cl)cc1)S(=O)(=O)c1cccc(C(=O)[C@@H](C#N)c2nc3ccccc3n2C)c1. The van der Waals surface area contributed by atoms with E-state index in [-0.39, 0.29) is 17.0 Å². The molecule has 0 aliphatic rings. The molecule has 0 unspecified atom stereocenters. The average molecular weight is 505 g/mol. The maximum absolute atomic E-state index is 13.5. The van der Waals surface area contributed by atoms with E-state index in [2.05, 4.69) is 11.6 Å². The van der Waals surface area contributed by atoms with Crippen LogP contribution in [-0.2, 0) is 17.1 Å². The van der Waals surface area contributed by atoms with Gasteiger partial charge in [0.2, 0.25) is 0 Å². The van der Waals surface area contributed by atoms with E-state index in [0.29, 0.717) is 22.1 Å². The number of ketones is 1. The number of rotatable bonds is 8. The van der Waals surface area contributed by atoms with Gasteiger partial charge in [-0.2, -0.15) is 5.26 Å². The lowest BCUT2D eigenvalue weighted by atomic mass is 9.98. The number of benzene rings is 3. The molecule has 4 rings (SSSR count). The Bertz CT molecular complexity index is 1570. The summed E-state index contributed by atoms with van der Waals surface area (Å²) in [5.41, 5.74) is 1.95. The van der Waals surface area contributed by atoms with Crippen LogP contribution < -0.4 is 4.31 Å². The second-order valence-electron chi connectivity index (χ2n) is 7.77. The van der Waals surface area contributed by atoms with Gasteiger partial charge in [0.15, 0.2) is 11.7 Å². The topological polar surface area (TPSA) is 96.1 Å². The van der Waals surface area contributed by atoms with Crippen molar-refractivity contribution in [3.63, 3.8) is 0 Å². The Labute approximate surface area is 208 Å². The highest BCUT2D eigenvalue weighted by atomic mass is 35.5. The number of hydrogen-bond donors (Lipinski definition) is 0. The number of anilines is 1. The molecular formula is C26H21ClN4O3S. The average Bonchev–Trinajstić information content (AvgIpc) is 3.20. The Morgan fingerprint density at radius 3 is 2.54 bits per heavy atom. The minimum absolute atomic E-state index is 0.0167. The Kier molecular flexibility index (Phi) is 6.74. The number of Topliss-reactive ketones (excluding diaryl/α,β-unsaturated/α-hetero) is 1. The zero-order chi connectivity index (χ0) is 25.2. The first-order chi connectivity index (χ1) is 16.8. The minimum atomic E-state index is -4.05. The van der Waals surface area contributed by atoms with Crippen molar-refractivity contribution in [3.05, 3.63) is 102 Å². The third-order valence-electron chi connectivity index (χ3n) is 5.59. The standard InChI is InChI=1S/C26H21ClN4O3S/c1-3-15-31(20-13-11-19(27)12-14-20)35(33,34)21-8-6-7-18(16-21)25(32)22(17-28)26-29-23-9-4-5-10-24(23)30(26)2/h3-14,16,22H,1,15H2,2H3/t22-/m1/s1. The number of para-hydroxylation sites is 2. The van der Waals surface area contributed by atoms with Crippen LogP contribution in [0.2, 0.25) is 5.02 Å². The molecule has 1 atom stereocenters. The van der Waals surface area contributed by atoms with Gasteiger partial charge >= 0.3 is 0 Å². The molecule has 176 valence electrons. The van der Waals surface area contributed by atoms with Crippen molar-refractivity contribution >= 4 is 44.1 Å². The number of imidazole rings is 1. The molecule has 4 aromatic rings. The first-order valence-corrected chi connectivity index (χ1v) is 12.4. The number of aryl methyl sites for hydroxylation is 1. The lowest BCUT2D eigenvalue weighted by Crippen LogP contribution is -2.31. The molecule has 0 fully saturated rings. The number of nitrogens with zero attached hydrogens (tertiary/aromatic N) is 4. The molecule has 3 aromatic carbocycles. The third-order valence-corrected chi connectivity index (χ3v) is 7.63. The van der Waals surface area contributed by atoms with Crippen LogP contribution in [0.5, 0.6) is 0 Å². The Balaban J connectivity index is 1.73. The van der Waals surface area contributed by atoms with E-state index < -0.39 is 21.7 Å². The van der Waals surface area contributed by atoms with E-state index in [4.69, 9.17) is 11.6 Å². The van der Waals surface area contributed by atoms with Crippen molar-refractivity contribution in [2.45, 2.75) is 10.8 Å². The van der Waals surface area contributed by atoms with Gasteiger partial charge in [-0.25, -0.2) is 13.4 Å². The maximum atomic E-state index is 13.5. The maximum Gasteiger partial charge on any atom is 0.264 e. The van der Waals surface area contributed by atoms with E-state index in [1.54, 1.807) is 41.9 Å². The van der Waals surface area contributed by atoms with E-state index in [9.17, 15) is 18.5 Å². The van der Waals surface area contributed by atoms with E-state index >= 15 is 0 Å². The van der Waals surface area contributed by atoms with Gasteiger partial charge in [-0.15, -0.1) is 6.58 Å². The van der Waals surface area contributed by atoms with Crippen molar-refractivity contribution in [3.8, 4) is 6.07 Å². The molecule has 0 spiro atoms. The normalized spacial score (nSPS) is 12.1. The van der Waals surface area contributed by atoms with Crippen molar-refractivity contribution in [1.82, 2.24) is 9.55 Å². The fraction of sp³-hybridized carbons (Fsp3) is 0.115. The second-order valence-corrected chi connectivity index (χ2v) is 10.1. The first-order valence-electron chi connectivity index (χ1n) is 10.6. The predicted molar refractivity (Wildman–Crippen MR) is 136 cm³/mol. The summed E-state index contributed by atoms with van der Waals surface area (Å²) in [5, 5.41) is 10.3. The zero-order valence-electron chi connectivity index (χ0n) is 18.8. The highest BCUT2D eigenvalue weighted by Gasteiger charge is 2.29. The van der Waals surface area contributed by atoms with Gasteiger partial charge in [-0.3, -0.25) is 9.10 Å². The molecule has 0 aliphatic carbocycles. The van der Waals surface area contributed by atoms with E-state index in [0.717, 1.165) is 5.52 Å². The van der Waals surface area contributed by atoms with Gasteiger partial charge in [-0.05, 0) is 48.5 Å². The number of sulfonamides is 1. The quantitative estimate of drug-likeness (QED) is 0.246. The number of carbonyl (C=O) groups is 1. The van der Waals surface area contributed by atoms with Gasteiger partial charge in [0.05, 0.1) is 34.2 Å². The number of nitriles is 1. The Morgan fingerprint density at radius 2 is 1.89 bits per heavy atom. The summed E-state index contributed by atoms with van der Waals surface area (Å²) in [6, 6.07) is 21.4. The fourth-order valence-corrected chi connectivity index (χ4v) is 5.43. The van der Waals surface area contributed by atoms with E-state index in [1.807, 2.05) is 24.3 Å². The lowest BCUT2D eigenvalue weighted by Gasteiger charge is -2.23. The molecule has 0 saturated carbocycles. The van der Waals surface area contributed by atoms with Gasteiger partial charge < -0.3 is 4.57 Å². The zero-order valence-corrected chi connectivity index (χ0v) is 20.4. The fourth-order valence-electron chi connectivity index (χ4n) is 3.83. The van der Waals surface area contributed by atoms with Crippen LogP contribution in [0.3, 0.4) is 0 Å². The summed E-state index contributed by atoms with van der Waals surface area (Å²) >= 11 is 5.95. The minimum Gasteiger partial charge on any atom is -0.330 e. The third kappa shape index (κ3) is 4.56. The number of fused-ring (bicyclic) bond motifs is 1. The first kappa shape index (κ1) is 24.2. The van der Waals surface area contributed by atoms with Crippen LogP contribution in [0.25, 0.3) is 11.0 Å². The van der Waals surface area contributed by atoms with Gasteiger partial charge in [0.25, 0.3) is 10.0 Å². The summed E-state index contributed by atoms with van der Waals surface area (Å²) in [4.78, 5) is 17.8. The number of aromatic nitrogens is 2. The van der Waals surface area contributed by atoms with Crippen molar-refractivity contribution in [2.75, 3.05) is 10.8 Å². The number of carbonyl (C=O) groups excluding carboxylic acids is 1. The molecule has 0 N–H and O–H groups in total. The molecule has 0 radical (unpaired) electrons. The number of hydrogen-bond acceptors (Lipinski definition) is 5. The lowest BCUT2D eigenvalue weighted by molar-refractivity contribution is 0.0975. The monoisotopic (exact) mass is 504 g/mol. The number of halogens is 1. The van der Waals surface area contributed by atoms with Crippen molar-refractivity contribution in [2.24, 2.45) is 7.05 Å². The van der Waals surface area contributed by atoms with Crippen molar-refractivity contribution in [1.29, 1.82) is 5.26 Å².